The SMILES string of the molecule is CC(C)C(C)(C)CNC[C@@H](C)O. The van der Waals surface area contributed by atoms with E-state index in [1.165, 1.54) is 0 Å². The molecule has 74 valence electrons. The molecule has 2 nitrogen and oxygen atoms in total. The lowest BCUT2D eigenvalue weighted by Gasteiger charge is -2.29. The predicted octanol–water partition coefficient (Wildman–Crippen LogP) is 1.64. The van der Waals surface area contributed by atoms with E-state index >= 15 is 0 Å². The lowest BCUT2D eigenvalue weighted by atomic mass is 9.81. The molecule has 1 atom stereocenters. The summed E-state index contributed by atoms with van der Waals surface area (Å²) >= 11 is 0. The molecule has 0 heterocycles. The zero-order chi connectivity index (χ0) is 9.78. The molecule has 0 aliphatic carbocycles. The van der Waals surface area contributed by atoms with Gasteiger partial charge in [0.25, 0.3) is 0 Å². The molecule has 0 saturated heterocycles. The van der Waals surface area contributed by atoms with Crippen molar-refractivity contribution in [3.8, 4) is 0 Å². The molecule has 2 heteroatoms. The van der Waals surface area contributed by atoms with Crippen LogP contribution in [0, 0.1) is 11.3 Å². The number of nitrogens with one attached hydrogen (secondary N) is 1. The third-order valence-electron chi connectivity index (χ3n) is 2.58. The van der Waals surface area contributed by atoms with Crippen LogP contribution < -0.4 is 5.32 Å². The molecule has 2 N–H and O–H groups in total. The minimum absolute atomic E-state index is 0.243. The van der Waals surface area contributed by atoms with E-state index in [1.807, 2.05) is 0 Å². The topological polar surface area (TPSA) is 32.3 Å². The van der Waals surface area contributed by atoms with E-state index in [0.717, 1.165) is 6.54 Å². The third kappa shape index (κ3) is 4.73. The summed E-state index contributed by atoms with van der Waals surface area (Å²) in [7, 11) is 0. The smallest absolute Gasteiger partial charge is 0.0636 e. The summed E-state index contributed by atoms with van der Waals surface area (Å²) in [6, 6.07) is 0. The highest BCUT2D eigenvalue weighted by molar-refractivity contribution is 4.75. The fourth-order valence-electron chi connectivity index (χ4n) is 0.807. The molecule has 12 heavy (non-hydrogen) atoms. The number of aliphatic hydroxyl groups excluding tert-OH is 1. The molecule has 0 aromatic rings. The number of hydrogen-bond donors (Lipinski definition) is 2. The van der Waals surface area contributed by atoms with E-state index in [1.54, 1.807) is 6.92 Å². The van der Waals surface area contributed by atoms with Crippen molar-refractivity contribution in [1.29, 1.82) is 0 Å². The molecule has 0 aromatic heterocycles. The fraction of sp³-hybridized carbons (Fsp3) is 1.00. The van der Waals surface area contributed by atoms with Gasteiger partial charge in [0, 0.05) is 13.1 Å². The first-order valence-corrected chi connectivity index (χ1v) is 4.75. The summed E-state index contributed by atoms with van der Waals surface area (Å²) in [6.07, 6.45) is -0.243. The van der Waals surface area contributed by atoms with Crippen molar-refractivity contribution in [1.82, 2.24) is 5.32 Å². The fourth-order valence-corrected chi connectivity index (χ4v) is 0.807. The summed E-state index contributed by atoms with van der Waals surface area (Å²) in [5.41, 5.74) is 0.314. The Balaban J connectivity index is 3.61. The first-order valence-electron chi connectivity index (χ1n) is 4.75. The second-order valence-corrected chi connectivity index (χ2v) is 4.62. The Morgan fingerprint density at radius 2 is 1.75 bits per heavy atom. The highest BCUT2D eigenvalue weighted by Gasteiger charge is 2.21. The van der Waals surface area contributed by atoms with Crippen LogP contribution in [0.3, 0.4) is 0 Å². The normalized spacial score (nSPS) is 15.2. The molecule has 0 spiro atoms. The Morgan fingerprint density at radius 3 is 2.08 bits per heavy atom. The second-order valence-electron chi connectivity index (χ2n) is 4.62. The Labute approximate surface area is 76.4 Å². The van der Waals surface area contributed by atoms with Crippen LogP contribution in [0.2, 0.25) is 0 Å². The average molecular weight is 173 g/mol. The minimum Gasteiger partial charge on any atom is -0.392 e. The van der Waals surface area contributed by atoms with Crippen LogP contribution in [0.5, 0.6) is 0 Å². The van der Waals surface area contributed by atoms with Crippen LogP contribution in [0.25, 0.3) is 0 Å². The van der Waals surface area contributed by atoms with E-state index in [4.69, 9.17) is 5.11 Å². The van der Waals surface area contributed by atoms with Gasteiger partial charge >= 0.3 is 0 Å². The number of hydrogen-bond acceptors (Lipinski definition) is 2. The maximum Gasteiger partial charge on any atom is 0.0636 e. The van der Waals surface area contributed by atoms with Gasteiger partial charge in [-0.2, -0.15) is 0 Å². The van der Waals surface area contributed by atoms with Crippen LogP contribution in [0.1, 0.15) is 34.6 Å². The van der Waals surface area contributed by atoms with Crippen molar-refractivity contribution in [2.24, 2.45) is 11.3 Å². The Morgan fingerprint density at radius 1 is 1.25 bits per heavy atom. The summed E-state index contributed by atoms with van der Waals surface area (Å²) < 4.78 is 0. The van der Waals surface area contributed by atoms with Crippen LogP contribution in [-0.2, 0) is 0 Å². The number of rotatable bonds is 5. The van der Waals surface area contributed by atoms with Gasteiger partial charge in [-0.05, 0) is 18.3 Å². The van der Waals surface area contributed by atoms with Gasteiger partial charge < -0.3 is 10.4 Å². The Hall–Kier alpha value is -0.0800. The molecule has 0 aliphatic heterocycles. The molecule has 0 aliphatic rings. The highest BCUT2D eigenvalue weighted by Crippen LogP contribution is 2.24. The maximum atomic E-state index is 9.03. The quantitative estimate of drug-likeness (QED) is 0.662. The van der Waals surface area contributed by atoms with Gasteiger partial charge in [-0.15, -0.1) is 0 Å². The maximum absolute atomic E-state index is 9.03. The third-order valence-corrected chi connectivity index (χ3v) is 2.58. The molecule has 0 bridgehead atoms. The van der Waals surface area contributed by atoms with Gasteiger partial charge in [0.2, 0.25) is 0 Å². The molecule has 0 unspecified atom stereocenters. The van der Waals surface area contributed by atoms with Crippen molar-refractivity contribution in [3.63, 3.8) is 0 Å². The van der Waals surface area contributed by atoms with Crippen molar-refractivity contribution >= 4 is 0 Å². The van der Waals surface area contributed by atoms with Crippen LogP contribution in [0.4, 0.5) is 0 Å². The molecule has 0 saturated carbocycles. The first-order chi connectivity index (χ1) is 5.36. The predicted molar refractivity (Wildman–Crippen MR) is 53.2 cm³/mol. The summed E-state index contributed by atoms with van der Waals surface area (Å²) in [5.74, 6) is 0.666. The molecule has 0 amide bonds. The monoisotopic (exact) mass is 173 g/mol. The van der Waals surface area contributed by atoms with E-state index in [0.29, 0.717) is 17.9 Å². The van der Waals surface area contributed by atoms with Gasteiger partial charge in [-0.25, -0.2) is 0 Å². The average Bonchev–Trinajstić information content (AvgIpc) is 1.85. The zero-order valence-corrected chi connectivity index (χ0v) is 9.02. The lowest BCUT2D eigenvalue weighted by Crippen LogP contribution is -2.36. The molecule has 0 rings (SSSR count). The lowest BCUT2D eigenvalue weighted by molar-refractivity contribution is 0.174. The zero-order valence-electron chi connectivity index (χ0n) is 9.02. The van der Waals surface area contributed by atoms with E-state index in [-0.39, 0.29) is 6.10 Å². The van der Waals surface area contributed by atoms with E-state index < -0.39 is 0 Å². The molecular formula is C10H23NO. The van der Waals surface area contributed by atoms with Crippen molar-refractivity contribution in [2.45, 2.75) is 40.7 Å². The Bertz CT molecular complexity index is 119. The summed E-state index contributed by atoms with van der Waals surface area (Å²) in [6.45, 7) is 12.4. The highest BCUT2D eigenvalue weighted by atomic mass is 16.3. The van der Waals surface area contributed by atoms with Crippen molar-refractivity contribution < 1.29 is 5.11 Å². The van der Waals surface area contributed by atoms with Crippen molar-refractivity contribution in [2.75, 3.05) is 13.1 Å². The van der Waals surface area contributed by atoms with Gasteiger partial charge in [0.1, 0.15) is 0 Å². The van der Waals surface area contributed by atoms with Crippen LogP contribution in [0.15, 0.2) is 0 Å². The standard InChI is InChI=1S/C10H23NO/c1-8(2)10(4,5)7-11-6-9(3)12/h8-9,11-12H,6-7H2,1-5H3/t9-/m1/s1. The molecule has 0 radical (unpaired) electrons. The second kappa shape index (κ2) is 4.83. The number of aliphatic hydroxyl groups is 1. The molecule has 0 fully saturated rings. The van der Waals surface area contributed by atoms with Crippen LogP contribution in [-0.4, -0.2) is 24.3 Å². The summed E-state index contributed by atoms with van der Waals surface area (Å²) in [4.78, 5) is 0. The van der Waals surface area contributed by atoms with Gasteiger partial charge in [-0.3, -0.25) is 0 Å². The van der Waals surface area contributed by atoms with E-state index in [2.05, 4.69) is 33.0 Å². The van der Waals surface area contributed by atoms with Gasteiger partial charge in [0.05, 0.1) is 6.10 Å². The minimum atomic E-state index is -0.243. The van der Waals surface area contributed by atoms with Crippen LogP contribution >= 0.6 is 0 Å². The van der Waals surface area contributed by atoms with E-state index in [9.17, 15) is 0 Å². The Kier molecular flexibility index (Phi) is 4.80. The van der Waals surface area contributed by atoms with Crippen molar-refractivity contribution in [3.05, 3.63) is 0 Å². The molecular weight excluding hydrogens is 150 g/mol. The largest absolute Gasteiger partial charge is 0.392 e. The van der Waals surface area contributed by atoms with Gasteiger partial charge in [0.15, 0.2) is 0 Å². The first kappa shape index (κ1) is 11.9. The molecule has 0 aromatic carbocycles. The van der Waals surface area contributed by atoms with Gasteiger partial charge in [-0.1, -0.05) is 27.7 Å². The summed E-state index contributed by atoms with van der Waals surface area (Å²) in [5, 5.41) is 12.3.